The first-order chi connectivity index (χ1) is 9.15. The number of para-hydroxylation sites is 1. The van der Waals surface area contributed by atoms with Gasteiger partial charge in [-0.15, -0.1) is 0 Å². The van der Waals surface area contributed by atoms with Crippen molar-refractivity contribution in [2.24, 2.45) is 0 Å². The summed E-state index contributed by atoms with van der Waals surface area (Å²) < 4.78 is 5.48. The van der Waals surface area contributed by atoms with E-state index < -0.39 is 0 Å². The maximum Gasteiger partial charge on any atom is 0.238 e. The Labute approximate surface area is 118 Å². The topological polar surface area (TPSA) is 50.4 Å². The lowest BCUT2D eigenvalue weighted by molar-refractivity contribution is -0.116. The van der Waals surface area contributed by atoms with Crippen molar-refractivity contribution in [1.29, 1.82) is 0 Å². The second-order valence-corrected chi connectivity index (χ2v) is 5.28. The van der Waals surface area contributed by atoms with Crippen LogP contribution in [0.1, 0.15) is 19.3 Å². The third kappa shape index (κ3) is 3.69. The van der Waals surface area contributed by atoms with Gasteiger partial charge in [-0.05, 0) is 31.4 Å². The molecule has 104 valence electrons. The molecule has 5 heteroatoms. The molecule has 1 aliphatic carbocycles. The van der Waals surface area contributed by atoms with Crippen LogP contribution < -0.4 is 10.6 Å². The van der Waals surface area contributed by atoms with Crippen LogP contribution in [0, 0.1) is 0 Å². The highest BCUT2D eigenvalue weighted by atomic mass is 35.5. The number of halogens is 1. The number of carbonyl (C=O) groups excluding carboxylic acids is 1. The fraction of sp³-hybridized carbons (Fsp3) is 0.500. The predicted molar refractivity (Wildman–Crippen MR) is 76.5 cm³/mol. The van der Waals surface area contributed by atoms with Gasteiger partial charge in [0.1, 0.15) is 0 Å². The number of carbonyl (C=O) groups is 1. The van der Waals surface area contributed by atoms with Crippen LogP contribution in [0.15, 0.2) is 24.3 Å². The standard InChI is InChI=1S/C14H19ClN2O2/c1-19-14(7-4-8-14)10-16-9-13(18)17-12-6-3-2-5-11(12)15/h2-3,5-6,16H,4,7-10H2,1H3,(H,17,18). The Hall–Kier alpha value is -1.10. The van der Waals surface area contributed by atoms with Gasteiger partial charge >= 0.3 is 0 Å². The summed E-state index contributed by atoms with van der Waals surface area (Å²) in [4.78, 5) is 11.8. The van der Waals surface area contributed by atoms with Gasteiger partial charge in [-0.3, -0.25) is 4.79 Å². The number of rotatable bonds is 6. The highest BCUT2D eigenvalue weighted by molar-refractivity contribution is 6.33. The van der Waals surface area contributed by atoms with Crippen LogP contribution in [0.3, 0.4) is 0 Å². The number of hydrogen-bond donors (Lipinski definition) is 2. The van der Waals surface area contributed by atoms with Crippen molar-refractivity contribution in [3.05, 3.63) is 29.3 Å². The minimum atomic E-state index is -0.0984. The minimum Gasteiger partial charge on any atom is -0.377 e. The zero-order chi connectivity index (χ0) is 13.7. The van der Waals surface area contributed by atoms with E-state index in [9.17, 15) is 4.79 Å². The molecule has 1 amide bonds. The summed E-state index contributed by atoms with van der Waals surface area (Å²) in [7, 11) is 1.73. The molecule has 19 heavy (non-hydrogen) atoms. The lowest BCUT2D eigenvalue weighted by atomic mass is 9.80. The van der Waals surface area contributed by atoms with Crippen molar-refractivity contribution < 1.29 is 9.53 Å². The zero-order valence-electron chi connectivity index (χ0n) is 11.0. The Morgan fingerprint density at radius 1 is 1.42 bits per heavy atom. The summed E-state index contributed by atoms with van der Waals surface area (Å²) in [6, 6.07) is 7.19. The molecule has 0 heterocycles. The average molecular weight is 283 g/mol. The molecule has 0 aliphatic heterocycles. The first-order valence-electron chi connectivity index (χ1n) is 6.45. The van der Waals surface area contributed by atoms with Gasteiger partial charge in [0.15, 0.2) is 0 Å². The van der Waals surface area contributed by atoms with Crippen molar-refractivity contribution >= 4 is 23.2 Å². The Balaban J connectivity index is 1.75. The summed E-state index contributed by atoms with van der Waals surface area (Å²) in [5.74, 6) is -0.0984. The molecule has 4 nitrogen and oxygen atoms in total. The van der Waals surface area contributed by atoms with E-state index in [0.717, 1.165) is 12.8 Å². The first kappa shape index (κ1) is 14.3. The van der Waals surface area contributed by atoms with Crippen LogP contribution in [0.25, 0.3) is 0 Å². The number of anilines is 1. The normalized spacial score (nSPS) is 16.7. The largest absolute Gasteiger partial charge is 0.377 e. The average Bonchev–Trinajstić information content (AvgIpc) is 2.35. The molecule has 0 saturated heterocycles. The van der Waals surface area contributed by atoms with Gasteiger partial charge < -0.3 is 15.4 Å². The van der Waals surface area contributed by atoms with Crippen LogP contribution in [0.5, 0.6) is 0 Å². The molecule has 0 bridgehead atoms. The molecule has 1 fully saturated rings. The Morgan fingerprint density at radius 2 is 2.16 bits per heavy atom. The van der Waals surface area contributed by atoms with Gasteiger partial charge in [0.25, 0.3) is 0 Å². The monoisotopic (exact) mass is 282 g/mol. The highest BCUT2D eigenvalue weighted by Gasteiger charge is 2.36. The summed E-state index contributed by atoms with van der Waals surface area (Å²) in [6.45, 7) is 0.968. The fourth-order valence-electron chi connectivity index (χ4n) is 2.19. The number of ether oxygens (including phenoxy) is 1. The molecule has 0 aromatic heterocycles. The van der Waals surface area contributed by atoms with Gasteiger partial charge in [0, 0.05) is 13.7 Å². The van der Waals surface area contributed by atoms with Crippen LogP contribution in [0.2, 0.25) is 5.02 Å². The number of hydrogen-bond acceptors (Lipinski definition) is 3. The van der Waals surface area contributed by atoms with Crippen molar-refractivity contribution in [2.45, 2.75) is 24.9 Å². The van der Waals surface area contributed by atoms with Crippen LogP contribution in [-0.2, 0) is 9.53 Å². The second kappa shape index (κ2) is 6.37. The summed E-state index contributed by atoms with van der Waals surface area (Å²) in [5.41, 5.74) is 0.575. The molecule has 2 N–H and O–H groups in total. The van der Waals surface area contributed by atoms with E-state index in [2.05, 4.69) is 10.6 Å². The highest BCUT2D eigenvalue weighted by Crippen LogP contribution is 2.34. The Kier molecular flexibility index (Phi) is 4.80. The van der Waals surface area contributed by atoms with Crippen LogP contribution in [0.4, 0.5) is 5.69 Å². The van der Waals surface area contributed by atoms with Crippen LogP contribution >= 0.6 is 11.6 Å². The predicted octanol–water partition coefficient (Wildman–Crippen LogP) is 2.44. The minimum absolute atomic E-state index is 0.0648. The van der Waals surface area contributed by atoms with Crippen LogP contribution in [-0.4, -0.2) is 31.7 Å². The Morgan fingerprint density at radius 3 is 2.74 bits per heavy atom. The van der Waals surface area contributed by atoms with E-state index in [1.165, 1.54) is 6.42 Å². The maximum atomic E-state index is 11.8. The van der Waals surface area contributed by atoms with Crippen molar-refractivity contribution in [3.63, 3.8) is 0 Å². The number of nitrogens with one attached hydrogen (secondary N) is 2. The van der Waals surface area contributed by atoms with Gasteiger partial charge in [-0.25, -0.2) is 0 Å². The SMILES string of the molecule is COC1(CNCC(=O)Nc2ccccc2Cl)CCC1. The summed E-state index contributed by atoms with van der Waals surface area (Å²) in [6.07, 6.45) is 3.31. The third-order valence-corrected chi connectivity index (χ3v) is 3.91. The quantitative estimate of drug-likeness (QED) is 0.843. The summed E-state index contributed by atoms with van der Waals surface area (Å²) >= 11 is 5.97. The third-order valence-electron chi connectivity index (χ3n) is 3.58. The molecule has 0 unspecified atom stereocenters. The molecular formula is C14H19ClN2O2. The molecule has 0 radical (unpaired) electrons. The van der Waals surface area contributed by atoms with E-state index in [4.69, 9.17) is 16.3 Å². The van der Waals surface area contributed by atoms with E-state index in [0.29, 0.717) is 17.3 Å². The molecular weight excluding hydrogens is 264 g/mol. The second-order valence-electron chi connectivity index (χ2n) is 4.87. The molecule has 1 saturated carbocycles. The molecule has 2 rings (SSSR count). The van der Waals surface area contributed by atoms with E-state index >= 15 is 0 Å². The van der Waals surface area contributed by atoms with Gasteiger partial charge in [-0.2, -0.15) is 0 Å². The first-order valence-corrected chi connectivity index (χ1v) is 6.83. The lowest BCUT2D eigenvalue weighted by Crippen LogP contribution is -2.49. The number of benzene rings is 1. The molecule has 0 spiro atoms. The van der Waals surface area contributed by atoms with Crippen molar-refractivity contribution in [2.75, 3.05) is 25.5 Å². The van der Waals surface area contributed by atoms with Gasteiger partial charge in [0.05, 0.1) is 22.9 Å². The van der Waals surface area contributed by atoms with Gasteiger partial charge in [0.2, 0.25) is 5.91 Å². The molecule has 1 aromatic carbocycles. The summed E-state index contributed by atoms with van der Waals surface area (Å²) in [5, 5.41) is 6.46. The number of methoxy groups -OCH3 is 1. The molecule has 1 aliphatic rings. The molecule has 0 atom stereocenters. The lowest BCUT2D eigenvalue weighted by Gasteiger charge is -2.40. The number of amides is 1. The molecule has 1 aromatic rings. The van der Waals surface area contributed by atoms with E-state index in [1.807, 2.05) is 12.1 Å². The maximum absolute atomic E-state index is 11.8. The Bertz CT molecular complexity index is 441. The van der Waals surface area contributed by atoms with Crippen molar-refractivity contribution in [1.82, 2.24) is 5.32 Å². The van der Waals surface area contributed by atoms with Gasteiger partial charge in [-0.1, -0.05) is 23.7 Å². The smallest absolute Gasteiger partial charge is 0.238 e. The zero-order valence-corrected chi connectivity index (χ0v) is 11.8. The fourth-order valence-corrected chi connectivity index (χ4v) is 2.37. The van der Waals surface area contributed by atoms with E-state index in [1.54, 1.807) is 19.2 Å². The van der Waals surface area contributed by atoms with Crippen molar-refractivity contribution in [3.8, 4) is 0 Å². The van der Waals surface area contributed by atoms with E-state index in [-0.39, 0.29) is 18.1 Å².